The van der Waals surface area contributed by atoms with E-state index in [1.54, 1.807) is 19.2 Å². The van der Waals surface area contributed by atoms with Crippen molar-refractivity contribution in [2.24, 2.45) is 0 Å². The molecule has 3 heteroatoms. The van der Waals surface area contributed by atoms with E-state index in [4.69, 9.17) is 16.3 Å². The average Bonchev–Trinajstić information content (AvgIpc) is 2.08. The Hall–Kier alpha value is -0.860. The van der Waals surface area contributed by atoms with Gasteiger partial charge >= 0.3 is 0 Å². The first-order valence-electron chi connectivity index (χ1n) is 3.93. The maximum absolute atomic E-state index is 11.2. The molecule has 0 saturated heterocycles. The van der Waals surface area contributed by atoms with E-state index in [1.165, 1.54) is 6.92 Å². The zero-order valence-corrected chi connectivity index (χ0v) is 8.39. The van der Waals surface area contributed by atoms with E-state index in [-0.39, 0.29) is 5.78 Å². The number of methoxy groups -OCH3 is 1. The normalized spacial score (nSPS) is 10.1. The summed E-state index contributed by atoms with van der Waals surface area (Å²) >= 11 is 5.77. The molecule has 1 aromatic carbocycles. The third-order valence-corrected chi connectivity index (χ3v) is 1.99. The van der Waals surface area contributed by atoms with Crippen molar-refractivity contribution < 1.29 is 9.53 Å². The smallest absolute Gasteiger partial charge is 0.160 e. The molecule has 0 unspecified atom stereocenters. The monoisotopic (exact) mass is 198 g/mol. The fraction of sp³-hybridized carbons (Fsp3) is 0.300. The highest BCUT2D eigenvalue weighted by atomic mass is 35.5. The Morgan fingerprint density at radius 2 is 2.23 bits per heavy atom. The van der Waals surface area contributed by atoms with Crippen LogP contribution in [0.4, 0.5) is 0 Å². The lowest BCUT2D eigenvalue weighted by molar-refractivity contribution is 0.101. The highest BCUT2D eigenvalue weighted by Crippen LogP contribution is 2.17. The van der Waals surface area contributed by atoms with Crippen LogP contribution in [0, 0.1) is 0 Å². The topological polar surface area (TPSA) is 26.3 Å². The minimum absolute atomic E-state index is 0.00884. The summed E-state index contributed by atoms with van der Waals surface area (Å²) in [7, 11) is 1.60. The number of Topliss-reactive ketones (excluding diaryl/α,β-unsaturated/α-hetero) is 1. The van der Waals surface area contributed by atoms with Crippen molar-refractivity contribution in [3.63, 3.8) is 0 Å². The van der Waals surface area contributed by atoms with Gasteiger partial charge in [0.15, 0.2) is 5.78 Å². The number of ether oxygens (including phenoxy) is 1. The van der Waals surface area contributed by atoms with Crippen LogP contribution in [-0.4, -0.2) is 12.9 Å². The van der Waals surface area contributed by atoms with E-state index in [0.717, 1.165) is 5.56 Å². The Morgan fingerprint density at radius 3 is 2.77 bits per heavy atom. The quantitative estimate of drug-likeness (QED) is 0.699. The number of hydrogen-bond acceptors (Lipinski definition) is 2. The molecule has 0 amide bonds. The molecular formula is C10H11ClO2. The van der Waals surface area contributed by atoms with E-state index >= 15 is 0 Å². The second-order valence-corrected chi connectivity index (χ2v) is 3.23. The van der Waals surface area contributed by atoms with E-state index in [2.05, 4.69) is 0 Å². The largest absolute Gasteiger partial charge is 0.380 e. The van der Waals surface area contributed by atoms with Crippen LogP contribution in [0.3, 0.4) is 0 Å². The number of ketones is 1. The summed E-state index contributed by atoms with van der Waals surface area (Å²) in [4.78, 5) is 11.2. The molecule has 0 radical (unpaired) electrons. The summed E-state index contributed by atoms with van der Waals surface area (Å²) in [6, 6.07) is 5.23. The molecule has 0 fully saturated rings. The van der Waals surface area contributed by atoms with Crippen molar-refractivity contribution in [2.45, 2.75) is 13.5 Å². The Labute approximate surface area is 82.5 Å². The van der Waals surface area contributed by atoms with Crippen molar-refractivity contribution in [3.8, 4) is 0 Å². The van der Waals surface area contributed by atoms with Crippen molar-refractivity contribution in [1.29, 1.82) is 0 Å². The Morgan fingerprint density at radius 1 is 1.54 bits per heavy atom. The molecule has 0 saturated carbocycles. The molecule has 0 atom stereocenters. The van der Waals surface area contributed by atoms with E-state index < -0.39 is 0 Å². The molecule has 0 aliphatic rings. The molecule has 1 aromatic rings. The number of carbonyl (C=O) groups excluding carboxylic acids is 1. The lowest BCUT2D eigenvalue weighted by Gasteiger charge is -2.05. The van der Waals surface area contributed by atoms with Crippen molar-refractivity contribution in [1.82, 2.24) is 0 Å². The Balaban J connectivity index is 3.10. The number of hydrogen-bond donors (Lipinski definition) is 0. The van der Waals surface area contributed by atoms with E-state index in [9.17, 15) is 4.79 Å². The predicted molar refractivity (Wildman–Crippen MR) is 52.2 cm³/mol. The van der Waals surface area contributed by atoms with Gasteiger partial charge < -0.3 is 4.74 Å². The van der Waals surface area contributed by atoms with Gasteiger partial charge in [0.25, 0.3) is 0 Å². The predicted octanol–water partition coefficient (Wildman–Crippen LogP) is 2.69. The van der Waals surface area contributed by atoms with Gasteiger partial charge in [-0.3, -0.25) is 4.79 Å². The lowest BCUT2D eigenvalue weighted by atomic mass is 10.1. The SMILES string of the molecule is COCc1ccc(Cl)cc1C(C)=O. The number of benzene rings is 1. The summed E-state index contributed by atoms with van der Waals surface area (Å²) in [6.07, 6.45) is 0. The van der Waals surface area contributed by atoms with Crippen LogP contribution in [0.2, 0.25) is 5.02 Å². The van der Waals surface area contributed by atoms with Crippen LogP contribution in [0.15, 0.2) is 18.2 Å². The fourth-order valence-electron chi connectivity index (χ4n) is 1.16. The van der Waals surface area contributed by atoms with Crippen LogP contribution in [0.5, 0.6) is 0 Å². The average molecular weight is 199 g/mol. The van der Waals surface area contributed by atoms with Gasteiger partial charge in [0.05, 0.1) is 6.61 Å². The Kier molecular flexibility index (Phi) is 3.46. The van der Waals surface area contributed by atoms with Crippen LogP contribution in [-0.2, 0) is 11.3 Å². The lowest BCUT2D eigenvalue weighted by Crippen LogP contribution is -2.00. The highest BCUT2D eigenvalue weighted by Gasteiger charge is 2.06. The molecule has 0 heterocycles. The maximum Gasteiger partial charge on any atom is 0.160 e. The minimum Gasteiger partial charge on any atom is -0.380 e. The van der Waals surface area contributed by atoms with E-state index in [0.29, 0.717) is 17.2 Å². The maximum atomic E-state index is 11.2. The summed E-state index contributed by atoms with van der Waals surface area (Å²) < 4.78 is 4.96. The Bertz CT molecular complexity index is 321. The van der Waals surface area contributed by atoms with Gasteiger partial charge in [-0.05, 0) is 24.6 Å². The summed E-state index contributed by atoms with van der Waals surface area (Å²) in [5, 5.41) is 0.574. The number of halogens is 1. The zero-order chi connectivity index (χ0) is 9.84. The fourth-order valence-corrected chi connectivity index (χ4v) is 1.33. The van der Waals surface area contributed by atoms with Gasteiger partial charge in [0.1, 0.15) is 0 Å². The standard InChI is InChI=1S/C10H11ClO2/c1-7(12)10-5-9(11)4-3-8(10)6-13-2/h3-5H,6H2,1-2H3. The molecule has 0 bridgehead atoms. The first kappa shape index (κ1) is 10.2. The van der Waals surface area contributed by atoms with Gasteiger partial charge in [0, 0.05) is 17.7 Å². The van der Waals surface area contributed by atoms with Gasteiger partial charge in [0.2, 0.25) is 0 Å². The van der Waals surface area contributed by atoms with Crippen LogP contribution < -0.4 is 0 Å². The summed E-state index contributed by atoms with van der Waals surface area (Å²) in [6.45, 7) is 1.96. The summed E-state index contributed by atoms with van der Waals surface area (Å²) in [5.41, 5.74) is 1.51. The molecule has 0 spiro atoms. The molecule has 0 N–H and O–H groups in total. The molecule has 1 rings (SSSR count). The van der Waals surface area contributed by atoms with Crippen LogP contribution in [0.25, 0.3) is 0 Å². The number of carbonyl (C=O) groups is 1. The molecular weight excluding hydrogens is 188 g/mol. The molecule has 70 valence electrons. The van der Waals surface area contributed by atoms with Gasteiger partial charge in [-0.1, -0.05) is 17.7 Å². The van der Waals surface area contributed by atoms with Gasteiger partial charge in [-0.2, -0.15) is 0 Å². The second kappa shape index (κ2) is 4.40. The van der Waals surface area contributed by atoms with Gasteiger partial charge in [-0.25, -0.2) is 0 Å². The zero-order valence-electron chi connectivity index (χ0n) is 7.63. The van der Waals surface area contributed by atoms with Gasteiger partial charge in [-0.15, -0.1) is 0 Å². The first-order chi connectivity index (χ1) is 6.15. The third kappa shape index (κ3) is 2.54. The van der Waals surface area contributed by atoms with Crippen LogP contribution in [0.1, 0.15) is 22.8 Å². The molecule has 2 nitrogen and oxygen atoms in total. The minimum atomic E-state index is 0.00884. The molecule has 0 aliphatic carbocycles. The molecule has 0 aromatic heterocycles. The van der Waals surface area contributed by atoms with Crippen molar-refractivity contribution in [2.75, 3.05) is 7.11 Å². The second-order valence-electron chi connectivity index (χ2n) is 2.79. The molecule has 13 heavy (non-hydrogen) atoms. The molecule has 0 aliphatic heterocycles. The summed E-state index contributed by atoms with van der Waals surface area (Å²) in [5.74, 6) is 0.00884. The van der Waals surface area contributed by atoms with Crippen LogP contribution >= 0.6 is 11.6 Å². The van der Waals surface area contributed by atoms with Crippen molar-refractivity contribution >= 4 is 17.4 Å². The highest BCUT2D eigenvalue weighted by molar-refractivity contribution is 6.31. The first-order valence-corrected chi connectivity index (χ1v) is 4.31. The van der Waals surface area contributed by atoms with E-state index in [1.807, 2.05) is 6.07 Å². The van der Waals surface area contributed by atoms with Crippen molar-refractivity contribution in [3.05, 3.63) is 34.3 Å². The third-order valence-electron chi connectivity index (χ3n) is 1.75. The number of rotatable bonds is 3.